The maximum atomic E-state index is 13.0. The van der Waals surface area contributed by atoms with Crippen molar-refractivity contribution < 1.29 is 18.3 Å². The number of piperidine rings is 1. The van der Waals surface area contributed by atoms with E-state index in [1.54, 1.807) is 0 Å². The zero-order valence-electron chi connectivity index (χ0n) is 11.8. The number of benzene rings is 1. The van der Waals surface area contributed by atoms with Gasteiger partial charge < -0.3 is 15.4 Å². The number of rotatable bonds is 6. The van der Waals surface area contributed by atoms with Gasteiger partial charge in [-0.2, -0.15) is 0 Å². The van der Waals surface area contributed by atoms with Crippen molar-refractivity contribution in [1.29, 1.82) is 0 Å². The highest BCUT2D eigenvalue weighted by molar-refractivity contribution is 5.94. The second kappa shape index (κ2) is 8.05. The first-order valence-corrected chi connectivity index (χ1v) is 7.22. The van der Waals surface area contributed by atoms with E-state index in [1.165, 1.54) is 0 Å². The predicted molar refractivity (Wildman–Crippen MR) is 75.2 cm³/mol. The standard InChI is InChI=1S/C15H20F2N2O2/c16-12-8-11(9-13(17)10-12)15(20)19-4-1-7-21-14-2-5-18-6-3-14/h8-10,14,18H,1-7H2,(H,19,20). The first kappa shape index (κ1) is 15.9. The summed E-state index contributed by atoms with van der Waals surface area (Å²) in [5.74, 6) is -1.99. The fourth-order valence-electron chi connectivity index (χ4n) is 2.27. The predicted octanol–water partition coefficient (Wildman–Crippen LogP) is 1.85. The molecule has 0 radical (unpaired) electrons. The molecular weight excluding hydrogens is 278 g/mol. The van der Waals surface area contributed by atoms with Crippen LogP contribution in [0.3, 0.4) is 0 Å². The van der Waals surface area contributed by atoms with Gasteiger partial charge in [0.15, 0.2) is 0 Å². The first-order valence-electron chi connectivity index (χ1n) is 7.22. The maximum absolute atomic E-state index is 13.0. The van der Waals surface area contributed by atoms with Crippen LogP contribution in [-0.2, 0) is 4.74 Å². The lowest BCUT2D eigenvalue weighted by atomic mass is 10.1. The number of halogens is 2. The molecule has 0 saturated carbocycles. The van der Waals surface area contributed by atoms with E-state index < -0.39 is 17.5 Å². The second-order valence-corrected chi connectivity index (χ2v) is 5.09. The highest BCUT2D eigenvalue weighted by Crippen LogP contribution is 2.08. The third-order valence-electron chi connectivity index (χ3n) is 3.37. The lowest BCUT2D eigenvalue weighted by Gasteiger charge is -2.22. The molecule has 0 unspecified atom stereocenters. The van der Waals surface area contributed by atoms with Gasteiger partial charge in [-0.1, -0.05) is 0 Å². The van der Waals surface area contributed by atoms with Gasteiger partial charge >= 0.3 is 0 Å². The normalized spacial score (nSPS) is 15.9. The van der Waals surface area contributed by atoms with E-state index >= 15 is 0 Å². The first-order chi connectivity index (χ1) is 10.1. The molecule has 6 heteroatoms. The second-order valence-electron chi connectivity index (χ2n) is 5.09. The molecular formula is C15H20F2N2O2. The fraction of sp³-hybridized carbons (Fsp3) is 0.533. The van der Waals surface area contributed by atoms with Gasteiger partial charge in [0.05, 0.1) is 6.10 Å². The largest absolute Gasteiger partial charge is 0.378 e. The Morgan fingerprint density at radius 1 is 1.24 bits per heavy atom. The van der Waals surface area contributed by atoms with Crippen molar-refractivity contribution in [3.8, 4) is 0 Å². The van der Waals surface area contributed by atoms with Gasteiger partial charge in [0.1, 0.15) is 11.6 Å². The van der Waals surface area contributed by atoms with Gasteiger partial charge in [-0.25, -0.2) is 8.78 Å². The van der Waals surface area contributed by atoms with Crippen molar-refractivity contribution in [3.63, 3.8) is 0 Å². The minimum absolute atomic E-state index is 0.00762. The van der Waals surface area contributed by atoms with Gasteiger partial charge in [-0.15, -0.1) is 0 Å². The van der Waals surface area contributed by atoms with E-state index in [0.29, 0.717) is 25.7 Å². The smallest absolute Gasteiger partial charge is 0.251 e. The molecule has 116 valence electrons. The average molecular weight is 298 g/mol. The number of ether oxygens (including phenoxy) is 1. The van der Waals surface area contributed by atoms with Crippen molar-refractivity contribution in [2.75, 3.05) is 26.2 Å². The topological polar surface area (TPSA) is 50.4 Å². The Kier molecular flexibility index (Phi) is 6.07. The molecule has 1 aromatic carbocycles. The third-order valence-corrected chi connectivity index (χ3v) is 3.37. The molecule has 1 aliphatic rings. The van der Waals surface area contributed by atoms with Gasteiger partial charge in [-0.3, -0.25) is 4.79 Å². The summed E-state index contributed by atoms with van der Waals surface area (Å²) in [4.78, 5) is 11.7. The van der Waals surface area contributed by atoms with Crippen LogP contribution < -0.4 is 10.6 Å². The van der Waals surface area contributed by atoms with Crippen molar-refractivity contribution >= 4 is 5.91 Å². The molecule has 0 bridgehead atoms. The Labute approximate surface area is 122 Å². The van der Waals surface area contributed by atoms with Gasteiger partial charge in [0.2, 0.25) is 0 Å². The maximum Gasteiger partial charge on any atom is 0.251 e. The summed E-state index contributed by atoms with van der Waals surface area (Å²) in [6.45, 7) is 2.95. The van der Waals surface area contributed by atoms with Gasteiger partial charge in [-0.05, 0) is 44.5 Å². The molecule has 1 heterocycles. The summed E-state index contributed by atoms with van der Waals surface area (Å²) in [6.07, 6.45) is 2.98. The Morgan fingerprint density at radius 2 is 1.90 bits per heavy atom. The van der Waals surface area contributed by atoms with Crippen LogP contribution in [0.4, 0.5) is 8.78 Å². The molecule has 0 aliphatic carbocycles. The van der Waals surface area contributed by atoms with Crippen LogP contribution in [0.1, 0.15) is 29.6 Å². The third kappa shape index (κ3) is 5.40. The van der Waals surface area contributed by atoms with E-state index in [2.05, 4.69) is 10.6 Å². The van der Waals surface area contributed by atoms with E-state index in [4.69, 9.17) is 4.74 Å². The quantitative estimate of drug-likeness (QED) is 0.788. The Morgan fingerprint density at radius 3 is 2.57 bits per heavy atom. The summed E-state index contributed by atoms with van der Waals surface area (Å²) >= 11 is 0. The molecule has 0 spiro atoms. The molecule has 1 saturated heterocycles. The lowest BCUT2D eigenvalue weighted by Crippen LogP contribution is -2.33. The van der Waals surface area contributed by atoms with Crippen LogP contribution in [0.25, 0.3) is 0 Å². The van der Waals surface area contributed by atoms with Crippen molar-refractivity contribution in [2.24, 2.45) is 0 Å². The molecule has 1 fully saturated rings. The molecule has 0 atom stereocenters. The summed E-state index contributed by atoms with van der Waals surface area (Å²) in [5, 5.41) is 5.89. The lowest BCUT2D eigenvalue weighted by molar-refractivity contribution is 0.0318. The summed E-state index contributed by atoms with van der Waals surface area (Å²) in [5.41, 5.74) is -0.00762. The molecule has 0 aromatic heterocycles. The number of amides is 1. The zero-order valence-corrected chi connectivity index (χ0v) is 11.8. The highest BCUT2D eigenvalue weighted by atomic mass is 19.1. The average Bonchev–Trinajstić information content (AvgIpc) is 2.47. The summed E-state index contributed by atoms with van der Waals surface area (Å²) < 4.78 is 31.7. The number of carbonyl (C=O) groups excluding carboxylic acids is 1. The molecule has 1 aromatic rings. The number of carbonyl (C=O) groups is 1. The Bertz CT molecular complexity index is 456. The Hall–Kier alpha value is -1.53. The monoisotopic (exact) mass is 298 g/mol. The molecule has 4 nitrogen and oxygen atoms in total. The van der Waals surface area contributed by atoms with Crippen LogP contribution in [0.2, 0.25) is 0 Å². The number of hydrogen-bond acceptors (Lipinski definition) is 3. The molecule has 1 aliphatic heterocycles. The molecule has 2 rings (SSSR count). The summed E-state index contributed by atoms with van der Waals surface area (Å²) in [7, 11) is 0. The highest BCUT2D eigenvalue weighted by Gasteiger charge is 2.13. The SMILES string of the molecule is O=C(NCCCOC1CCNCC1)c1cc(F)cc(F)c1. The minimum Gasteiger partial charge on any atom is -0.378 e. The fourth-order valence-corrected chi connectivity index (χ4v) is 2.27. The van der Waals surface area contributed by atoms with Gasteiger partial charge in [0.25, 0.3) is 5.91 Å². The van der Waals surface area contributed by atoms with Crippen LogP contribution in [-0.4, -0.2) is 38.3 Å². The molecule has 21 heavy (non-hydrogen) atoms. The van der Waals surface area contributed by atoms with Crippen molar-refractivity contribution in [1.82, 2.24) is 10.6 Å². The van der Waals surface area contributed by atoms with E-state index in [0.717, 1.165) is 44.1 Å². The van der Waals surface area contributed by atoms with E-state index in [9.17, 15) is 13.6 Å². The van der Waals surface area contributed by atoms with Crippen molar-refractivity contribution in [2.45, 2.75) is 25.4 Å². The van der Waals surface area contributed by atoms with E-state index in [1.807, 2.05) is 0 Å². The molecule has 2 N–H and O–H groups in total. The van der Waals surface area contributed by atoms with Crippen LogP contribution in [0, 0.1) is 11.6 Å². The van der Waals surface area contributed by atoms with Gasteiger partial charge in [0, 0.05) is 24.8 Å². The Balaban J connectivity index is 1.64. The van der Waals surface area contributed by atoms with Crippen LogP contribution >= 0.6 is 0 Å². The zero-order chi connectivity index (χ0) is 15.1. The summed E-state index contributed by atoms with van der Waals surface area (Å²) in [6, 6.07) is 2.78. The van der Waals surface area contributed by atoms with Crippen LogP contribution in [0.15, 0.2) is 18.2 Å². The molecule has 1 amide bonds. The number of nitrogens with one attached hydrogen (secondary N) is 2. The van der Waals surface area contributed by atoms with Crippen molar-refractivity contribution in [3.05, 3.63) is 35.4 Å². The van der Waals surface area contributed by atoms with E-state index in [-0.39, 0.29) is 5.56 Å². The number of hydrogen-bond donors (Lipinski definition) is 2. The van der Waals surface area contributed by atoms with Crippen LogP contribution in [0.5, 0.6) is 0 Å². The minimum atomic E-state index is -0.755.